The van der Waals surface area contributed by atoms with Crippen molar-refractivity contribution < 1.29 is 13.2 Å². The molecule has 1 atom stereocenters. The van der Waals surface area contributed by atoms with Crippen molar-refractivity contribution in [1.29, 1.82) is 0 Å². The summed E-state index contributed by atoms with van der Waals surface area (Å²) in [6.45, 7) is 4.94. The molecule has 0 bridgehead atoms. The van der Waals surface area contributed by atoms with E-state index in [1.807, 2.05) is 41.3 Å². The lowest BCUT2D eigenvalue weighted by Crippen LogP contribution is -2.51. The molecule has 2 saturated heterocycles. The third kappa shape index (κ3) is 6.98. The zero-order valence-electron chi connectivity index (χ0n) is 18.8. The second-order valence-electron chi connectivity index (χ2n) is 8.71. The van der Waals surface area contributed by atoms with Gasteiger partial charge in [0.15, 0.2) is 0 Å². The van der Waals surface area contributed by atoms with Crippen LogP contribution in [-0.4, -0.2) is 80.3 Å². The molecule has 0 aromatic heterocycles. The van der Waals surface area contributed by atoms with E-state index in [1.54, 1.807) is 6.08 Å². The molecule has 2 fully saturated rings. The Morgan fingerprint density at radius 2 is 1.58 bits per heavy atom. The second kappa shape index (κ2) is 11.1. The first-order chi connectivity index (χ1) is 16.0. The number of benzene rings is 2. The van der Waals surface area contributed by atoms with Gasteiger partial charge in [-0.3, -0.25) is 14.6 Å². The van der Waals surface area contributed by atoms with Gasteiger partial charge in [-0.15, -0.1) is 0 Å². The molecule has 2 aromatic rings. The molecule has 1 amide bonds. The second-order valence-corrected chi connectivity index (χ2v) is 10.5. The summed E-state index contributed by atoms with van der Waals surface area (Å²) in [7, 11) is -3.46. The maximum Gasteiger partial charge on any atom is 0.236 e. The van der Waals surface area contributed by atoms with Crippen molar-refractivity contribution in [3.63, 3.8) is 0 Å². The summed E-state index contributed by atoms with van der Waals surface area (Å²) in [5.74, 6) is 0.0156. The summed E-state index contributed by atoms with van der Waals surface area (Å²) in [5, 5.41) is 4.43. The van der Waals surface area contributed by atoms with Crippen LogP contribution in [0.25, 0.3) is 6.08 Å². The summed E-state index contributed by atoms with van der Waals surface area (Å²) < 4.78 is 26.7. The predicted molar refractivity (Wildman–Crippen MR) is 131 cm³/mol. The number of hydrogen-bond acceptors (Lipinski definition) is 5. The monoisotopic (exact) mass is 468 g/mol. The maximum atomic E-state index is 12.6. The van der Waals surface area contributed by atoms with E-state index in [2.05, 4.69) is 34.5 Å². The van der Waals surface area contributed by atoms with Gasteiger partial charge < -0.3 is 5.32 Å². The standard InChI is InChI=1S/C25H32N4O3S/c30-25(26-24-11-13-28(20-24)19-23-9-5-2-6-10-23)21-27-14-16-29(17-15-27)33(31,32)18-12-22-7-3-1-4-8-22/h1-10,12,18,24H,11,13-17,19-21H2,(H,26,30)/b18-12+. The fourth-order valence-corrected chi connectivity index (χ4v) is 5.54. The van der Waals surface area contributed by atoms with Crippen molar-refractivity contribution >= 4 is 22.0 Å². The zero-order valence-corrected chi connectivity index (χ0v) is 19.7. The van der Waals surface area contributed by atoms with Gasteiger partial charge in [-0.05, 0) is 23.6 Å². The van der Waals surface area contributed by atoms with Crippen LogP contribution in [0.15, 0.2) is 66.1 Å². The smallest absolute Gasteiger partial charge is 0.236 e. The minimum Gasteiger partial charge on any atom is -0.351 e. The highest BCUT2D eigenvalue weighted by molar-refractivity contribution is 7.92. The molecule has 4 rings (SSSR count). The average molecular weight is 469 g/mol. The molecular weight excluding hydrogens is 436 g/mol. The molecule has 176 valence electrons. The third-order valence-electron chi connectivity index (χ3n) is 6.18. The van der Waals surface area contributed by atoms with Gasteiger partial charge in [0.05, 0.1) is 6.54 Å². The van der Waals surface area contributed by atoms with Gasteiger partial charge in [0.25, 0.3) is 0 Å². The molecule has 1 N–H and O–H groups in total. The molecular formula is C25H32N4O3S. The van der Waals surface area contributed by atoms with E-state index < -0.39 is 10.0 Å². The Bertz CT molecular complexity index is 1040. The molecule has 0 spiro atoms. The first-order valence-electron chi connectivity index (χ1n) is 11.5. The van der Waals surface area contributed by atoms with Crippen molar-refractivity contribution in [2.24, 2.45) is 0 Å². The molecule has 2 heterocycles. The molecule has 0 aliphatic carbocycles. The Kier molecular flexibility index (Phi) is 7.93. The van der Waals surface area contributed by atoms with E-state index in [1.165, 1.54) is 15.3 Å². The Hall–Kier alpha value is -2.52. The Labute approximate surface area is 196 Å². The van der Waals surface area contributed by atoms with Crippen LogP contribution in [0.2, 0.25) is 0 Å². The van der Waals surface area contributed by atoms with Crippen molar-refractivity contribution in [1.82, 2.24) is 19.4 Å². The number of carbonyl (C=O) groups excluding carboxylic acids is 1. The van der Waals surface area contributed by atoms with Crippen molar-refractivity contribution in [3.05, 3.63) is 77.2 Å². The van der Waals surface area contributed by atoms with Gasteiger partial charge in [-0.25, -0.2) is 8.42 Å². The molecule has 2 aromatic carbocycles. The number of likely N-dealkylation sites (tertiary alicyclic amines) is 1. The molecule has 8 heteroatoms. The SMILES string of the molecule is O=C(CN1CCN(S(=O)(=O)/C=C/c2ccccc2)CC1)NC1CCN(Cc2ccccc2)C1. The number of hydrogen-bond donors (Lipinski definition) is 1. The van der Waals surface area contributed by atoms with Crippen molar-refractivity contribution in [3.8, 4) is 0 Å². The predicted octanol–water partition coefficient (Wildman–Crippen LogP) is 2.00. The van der Waals surface area contributed by atoms with Gasteiger partial charge in [0.1, 0.15) is 0 Å². The highest BCUT2D eigenvalue weighted by Gasteiger charge is 2.28. The third-order valence-corrected chi connectivity index (χ3v) is 7.74. The Balaban J connectivity index is 1.18. The van der Waals surface area contributed by atoms with Crippen LogP contribution >= 0.6 is 0 Å². The van der Waals surface area contributed by atoms with Crippen LogP contribution in [0.1, 0.15) is 17.5 Å². The maximum absolute atomic E-state index is 12.6. The summed E-state index contributed by atoms with van der Waals surface area (Å²) in [4.78, 5) is 17.0. The minimum atomic E-state index is -3.46. The van der Waals surface area contributed by atoms with Gasteiger partial charge in [0.2, 0.25) is 15.9 Å². The number of amides is 1. The van der Waals surface area contributed by atoms with Crippen LogP contribution in [-0.2, 0) is 21.4 Å². The van der Waals surface area contributed by atoms with E-state index in [0.29, 0.717) is 32.7 Å². The van der Waals surface area contributed by atoms with Crippen molar-refractivity contribution in [2.45, 2.75) is 19.0 Å². The quantitative estimate of drug-likeness (QED) is 0.642. The Morgan fingerprint density at radius 1 is 0.909 bits per heavy atom. The van der Waals surface area contributed by atoms with Crippen LogP contribution in [0.4, 0.5) is 0 Å². The van der Waals surface area contributed by atoms with E-state index >= 15 is 0 Å². The summed E-state index contributed by atoms with van der Waals surface area (Å²) in [6, 6.07) is 19.9. The van der Waals surface area contributed by atoms with E-state index in [0.717, 1.165) is 31.6 Å². The zero-order chi connectivity index (χ0) is 23.1. The van der Waals surface area contributed by atoms with E-state index in [-0.39, 0.29) is 11.9 Å². The highest BCUT2D eigenvalue weighted by Crippen LogP contribution is 2.14. The van der Waals surface area contributed by atoms with Gasteiger partial charge in [0, 0.05) is 57.3 Å². The fourth-order valence-electron chi connectivity index (χ4n) is 4.37. The normalized spacial score (nSPS) is 20.9. The molecule has 1 unspecified atom stereocenters. The molecule has 0 radical (unpaired) electrons. The highest BCUT2D eigenvalue weighted by atomic mass is 32.2. The van der Waals surface area contributed by atoms with Crippen molar-refractivity contribution in [2.75, 3.05) is 45.8 Å². The molecule has 2 aliphatic rings. The molecule has 7 nitrogen and oxygen atoms in total. The average Bonchev–Trinajstić information content (AvgIpc) is 3.26. The lowest BCUT2D eigenvalue weighted by Gasteiger charge is -2.33. The fraction of sp³-hybridized carbons (Fsp3) is 0.400. The van der Waals surface area contributed by atoms with Crippen LogP contribution in [0.5, 0.6) is 0 Å². The summed E-state index contributed by atoms with van der Waals surface area (Å²) in [5.41, 5.74) is 2.14. The first-order valence-corrected chi connectivity index (χ1v) is 13.0. The van der Waals surface area contributed by atoms with Crippen LogP contribution in [0, 0.1) is 0 Å². The Morgan fingerprint density at radius 3 is 2.27 bits per heavy atom. The lowest BCUT2D eigenvalue weighted by molar-refractivity contribution is -0.123. The number of carbonyl (C=O) groups is 1. The molecule has 0 saturated carbocycles. The minimum absolute atomic E-state index is 0.0156. The first kappa shape index (κ1) is 23.6. The van der Waals surface area contributed by atoms with Crippen LogP contribution < -0.4 is 5.32 Å². The number of sulfonamides is 1. The number of nitrogens with one attached hydrogen (secondary N) is 1. The number of piperazine rings is 1. The largest absolute Gasteiger partial charge is 0.351 e. The molecule has 33 heavy (non-hydrogen) atoms. The van der Waals surface area contributed by atoms with Gasteiger partial charge >= 0.3 is 0 Å². The number of nitrogens with zero attached hydrogens (tertiary/aromatic N) is 3. The topological polar surface area (TPSA) is 73.0 Å². The van der Waals surface area contributed by atoms with E-state index in [4.69, 9.17) is 0 Å². The van der Waals surface area contributed by atoms with Gasteiger partial charge in [-0.2, -0.15) is 4.31 Å². The molecule has 2 aliphatic heterocycles. The van der Waals surface area contributed by atoms with Gasteiger partial charge in [-0.1, -0.05) is 60.7 Å². The lowest BCUT2D eigenvalue weighted by atomic mass is 10.2. The van der Waals surface area contributed by atoms with E-state index in [9.17, 15) is 13.2 Å². The summed E-state index contributed by atoms with van der Waals surface area (Å²) in [6.07, 6.45) is 2.58. The number of rotatable bonds is 8. The summed E-state index contributed by atoms with van der Waals surface area (Å²) >= 11 is 0. The van der Waals surface area contributed by atoms with Crippen LogP contribution in [0.3, 0.4) is 0 Å².